The quantitative estimate of drug-likeness (QED) is 0.0269. The van der Waals surface area contributed by atoms with Crippen molar-refractivity contribution in [2.75, 3.05) is 59.0 Å². The molecule has 0 bridgehead atoms. The number of amides is 15. The number of nitrogens with zero attached hydrogens (tertiary/aromatic N) is 1. The van der Waals surface area contributed by atoms with Gasteiger partial charge in [0, 0.05) is 51.6 Å². The molecule has 2 heterocycles. The first-order valence-electron chi connectivity index (χ1n) is 40.6. The molecule has 1 aromatic rings. The summed E-state index contributed by atoms with van der Waals surface area (Å²) in [5.41, 5.74) is 17.5. The fourth-order valence-electron chi connectivity index (χ4n) is 12.7. The number of rotatable bonds is 59. The second kappa shape index (κ2) is 55.6. The number of nitrogens with one attached hydrogen (secondary N) is 14. The van der Waals surface area contributed by atoms with Gasteiger partial charge in [-0.2, -0.15) is 0 Å². The predicted octanol–water partition coefficient (Wildman–Crippen LogP) is -11.0. The average Bonchev–Trinajstić information content (AvgIpc) is 1.48. The summed E-state index contributed by atoms with van der Waals surface area (Å²) in [5.74, 6) is -21.8. The van der Waals surface area contributed by atoms with E-state index in [1.54, 1.807) is 44.2 Å². The number of hydrogen-bond acceptors (Lipinski definition) is 30. The van der Waals surface area contributed by atoms with Crippen molar-refractivity contribution in [2.24, 2.45) is 23.1 Å². The number of aliphatic hydroxyl groups excluding tert-OH is 5. The molecule has 1 aromatic carbocycles. The van der Waals surface area contributed by atoms with Crippen LogP contribution in [0.3, 0.4) is 0 Å². The highest BCUT2D eigenvalue weighted by Crippen LogP contribution is 2.25. The first kappa shape index (κ1) is 108. The van der Waals surface area contributed by atoms with E-state index < -0.39 is 331 Å². The minimum atomic E-state index is -1.93. The molecule has 49 heteroatoms. The van der Waals surface area contributed by atoms with Crippen LogP contribution in [0.25, 0.3) is 0 Å². The fourth-order valence-corrected chi connectivity index (χ4v) is 12.7. The third kappa shape index (κ3) is 39.0. The molecule has 2 aliphatic rings. The number of aliphatic carboxylic acids is 4. The molecule has 2 fully saturated rings. The number of ketones is 1. The summed E-state index contributed by atoms with van der Waals surface area (Å²) < 4.78 is 11.3. The minimum absolute atomic E-state index is 0.0204. The standard InChI is InChI=1S/C76H120N18O31/c1-6-37(2)61(81-35-60(108)109)74(121)86-39(4)66(113)85-38(3)50(97)22-24-53(99)80-31-54(100)89-48(29-41-13-8-7-9-14-41)72(119)91-44(18-17-42(30-78)124-76-65(112)64(111)63(110)51(36-95)125-76)68(115)83-33-55(101)87-46(20-25-58(104)105)70(117)90-45(19-23-52(79)98)69(116)84-34-57(103)94-28-12-16-49(94)73(120)92-43(15-10-11-27-77)67(114)82-32-56(102)88-47(21-26-59(106)107)71(118)93-62(40(5)96)75(122)123/h7-9,13-14,37-40,42-49,51,61-65,76,81,95-96,110-112H,6,10-12,15-36,77-78H2,1-5H3,(H2,79,98)(H,80,99)(H,82,114)(H,83,115)(H,84,116)(H,85,113)(H,86,121)(H,87,101)(H,88,102)(H,89,100)(H,90,117)(H,91,119)(H,92,120)(H,93,118)(H,104,105)(H,106,107)(H,108,109)(H,122,123)/t37-,38-,39-,40-,42+,43-,44-,45-,46-,47-,48-,49-,51+,61-,62-,63-,64+,65+,76+/m0/s1. The average molecular weight is 1780 g/mol. The van der Waals surface area contributed by atoms with Crippen molar-refractivity contribution in [3.8, 4) is 0 Å². The lowest BCUT2D eigenvalue weighted by Crippen LogP contribution is -2.60. The van der Waals surface area contributed by atoms with Gasteiger partial charge in [-0.1, -0.05) is 50.6 Å². The highest BCUT2D eigenvalue weighted by atomic mass is 16.7. The number of Topliss-reactive ketones (excluding diaryl/α,β-unsaturated/α-hetero) is 1. The van der Waals surface area contributed by atoms with E-state index in [2.05, 4.69) is 69.1 Å². The van der Waals surface area contributed by atoms with Crippen LogP contribution in [0.5, 0.6) is 0 Å². The Bertz CT molecular complexity index is 3860. The number of ether oxygens (including phenoxy) is 2. The van der Waals surface area contributed by atoms with Crippen molar-refractivity contribution >= 4 is 118 Å². The Hall–Kier alpha value is -11.6. The maximum absolute atomic E-state index is 14.6. The lowest BCUT2D eigenvalue weighted by Gasteiger charge is -2.40. The SMILES string of the molecule is CC[C@H](C)[C@H](NCC(=O)O)C(=O)N[C@@H](C)C(=O)N[C@@H](C)C(=O)CCC(=O)NCC(=O)N[C@@H](Cc1ccccc1)C(=O)N[C@@H](CC[C@H](CN)O[C@@H]1O[C@H](CO)[C@H](O)[C@@H](O)[C@H]1O)C(=O)NCC(=O)N[C@@H](CCC(=O)O)C(=O)N[C@@H](CCC(N)=O)C(=O)NCC(=O)N1CCC[C@H]1C(=O)N[C@@H](CCCCN)C(=O)NCC(=O)N[C@@H](CCC(=O)O)C(=O)N[C@H](C(=O)O)[C@H](C)O. The largest absolute Gasteiger partial charge is 0.481 e. The zero-order valence-corrected chi connectivity index (χ0v) is 69.9. The molecule has 2 aliphatic heterocycles. The van der Waals surface area contributed by atoms with E-state index in [9.17, 15) is 137 Å². The van der Waals surface area contributed by atoms with E-state index >= 15 is 0 Å². The molecular formula is C76H120N18O31. The van der Waals surface area contributed by atoms with Crippen LogP contribution in [0.4, 0.5) is 0 Å². The Morgan fingerprint density at radius 3 is 1.54 bits per heavy atom. The van der Waals surface area contributed by atoms with Crippen molar-refractivity contribution in [1.82, 2.24) is 79.3 Å². The first-order chi connectivity index (χ1) is 58.9. The van der Waals surface area contributed by atoms with Crippen LogP contribution in [0, 0.1) is 5.92 Å². The van der Waals surface area contributed by atoms with Crippen LogP contribution >= 0.6 is 0 Å². The predicted molar refractivity (Wildman–Crippen MR) is 430 cm³/mol. The van der Waals surface area contributed by atoms with Gasteiger partial charge in [-0.3, -0.25) is 96.4 Å². The Morgan fingerprint density at radius 1 is 0.504 bits per heavy atom. The van der Waals surface area contributed by atoms with E-state index in [1.807, 2.05) is 5.32 Å². The molecule has 700 valence electrons. The van der Waals surface area contributed by atoms with Crippen molar-refractivity contribution < 1.29 is 151 Å². The van der Waals surface area contributed by atoms with E-state index in [0.29, 0.717) is 18.4 Å². The second-order valence-corrected chi connectivity index (χ2v) is 30.0. The number of carbonyl (C=O) groups is 20. The third-order valence-electron chi connectivity index (χ3n) is 20.1. The molecule has 0 spiro atoms. The van der Waals surface area contributed by atoms with Gasteiger partial charge in [-0.05, 0) is 103 Å². The van der Waals surface area contributed by atoms with E-state index in [4.69, 9.17) is 31.8 Å². The summed E-state index contributed by atoms with van der Waals surface area (Å²) in [6.07, 6.45) is -16.5. The number of hydrogen-bond donors (Lipinski definition) is 26. The third-order valence-corrected chi connectivity index (χ3v) is 20.1. The van der Waals surface area contributed by atoms with Crippen LogP contribution in [0.15, 0.2) is 30.3 Å². The molecule has 2 saturated heterocycles. The number of benzene rings is 1. The summed E-state index contributed by atoms with van der Waals surface area (Å²) in [7, 11) is 0. The smallest absolute Gasteiger partial charge is 0.328 e. The minimum Gasteiger partial charge on any atom is -0.481 e. The van der Waals surface area contributed by atoms with Gasteiger partial charge >= 0.3 is 23.9 Å². The van der Waals surface area contributed by atoms with Crippen LogP contribution in [-0.4, -0.2) is 337 Å². The molecule has 3 rings (SSSR count). The molecule has 19 atom stereocenters. The molecule has 0 radical (unpaired) electrons. The lowest BCUT2D eigenvalue weighted by molar-refractivity contribution is -0.310. The number of carbonyl (C=O) groups excluding carboxylic acids is 16. The van der Waals surface area contributed by atoms with Crippen LogP contribution in [0.1, 0.15) is 143 Å². The summed E-state index contributed by atoms with van der Waals surface area (Å²) in [6.45, 7) is 1.86. The van der Waals surface area contributed by atoms with Gasteiger partial charge in [0.15, 0.2) is 18.1 Å². The van der Waals surface area contributed by atoms with Crippen molar-refractivity contribution in [1.29, 1.82) is 0 Å². The molecule has 0 unspecified atom stereocenters. The summed E-state index contributed by atoms with van der Waals surface area (Å²) in [5, 5.41) is 122. The Morgan fingerprint density at radius 2 is 1.02 bits per heavy atom. The highest BCUT2D eigenvalue weighted by molar-refractivity contribution is 6.00. The highest BCUT2D eigenvalue weighted by Gasteiger charge is 2.46. The van der Waals surface area contributed by atoms with Crippen molar-refractivity contribution in [2.45, 2.75) is 253 Å². The molecule has 15 amide bonds. The van der Waals surface area contributed by atoms with Gasteiger partial charge in [0.1, 0.15) is 72.8 Å². The zero-order valence-electron chi connectivity index (χ0n) is 69.9. The number of primary amides is 1. The van der Waals surface area contributed by atoms with Gasteiger partial charge in [0.2, 0.25) is 88.6 Å². The monoisotopic (exact) mass is 1780 g/mol. The zero-order chi connectivity index (χ0) is 93.9. The number of carboxylic acid groups (broad SMARTS) is 4. The van der Waals surface area contributed by atoms with Crippen molar-refractivity contribution in [3.05, 3.63) is 35.9 Å². The normalized spacial score (nSPS) is 19.1. The summed E-state index contributed by atoms with van der Waals surface area (Å²) in [4.78, 5) is 264. The number of carboxylic acids is 4. The molecule has 125 heavy (non-hydrogen) atoms. The maximum Gasteiger partial charge on any atom is 0.328 e. The number of unbranched alkanes of at least 4 members (excludes halogenated alkanes) is 1. The molecule has 0 saturated carbocycles. The molecule has 29 N–H and O–H groups in total. The van der Waals surface area contributed by atoms with Gasteiger partial charge < -0.3 is 147 Å². The van der Waals surface area contributed by atoms with Crippen LogP contribution in [-0.2, 0) is 112 Å². The summed E-state index contributed by atoms with van der Waals surface area (Å²) in [6, 6.07) is -8.56. The number of likely N-dealkylation sites (tertiary alicyclic amines) is 1. The topological polar surface area (TPSA) is 792 Å². The number of aliphatic hydroxyl groups is 5. The summed E-state index contributed by atoms with van der Waals surface area (Å²) >= 11 is 0. The second-order valence-electron chi connectivity index (χ2n) is 30.0. The Balaban J connectivity index is 1.83. The first-order valence-corrected chi connectivity index (χ1v) is 40.6. The van der Waals surface area contributed by atoms with Crippen LogP contribution < -0.4 is 91.6 Å². The Kier molecular flexibility index (Phi) is 47.9. The molecule has 0 aromatic heterocycles. The van der Waals surface area contributed by atoms with E-state index in [1.165, 1.54) is 13.8 Å². The molecule has 0 aliphatic carbocycles. The van der Waals surface area contributed by atoms with Gasteiger partial charge in [0.25, 0.3) is 0 Å². The van der Waals surface area contributed by atoms with Gasteiger partial charge in [0.05, 0.1) is 63.6 Å². The van der Waals surface area contributed by atoms with E-state index in [0.717, 1.165) is 11.8 Å². The lowest BCUT2D eigenvalue weighted by atomic mass is 9.98. The van der Waals surface area contributed by atoms with E-state index in [-0.39, 0.29) is 57.5 Å². The van der Waals surface area contributed by atoms with Crippen LogP contribution in [0.2, 0.25) is 0 Å². The van der Waals surface area contributed by atoms with Crippen molar-refractivity contribution in [3.63, 3.8) is 0 Å². The van der Waals surface area contributed by atoms with Gasteiger partial charge in [-0.15, -0.1) is 0 Å². The Labute approximate surface area is 717 Å². The molecular weight excluding hydrogens is 1660 g/mol. The number of nitrogens with two attached hydrogens (primary N) is 3. The fraction of sp³-hybridized carbons (Fsp3) is 0.658. The van der Waals surface area contributed by atoms with Gasteiger partial charge in [-0.25, -0.2) is 4.79 Å². The maximum atomic E-state index is 14.6. The molecule has 49 nitrogen and oxygen atoms in total.